The number of nitro benzene ring substituents is 1. The molecule has 166 valence electrons. The van der Waals surface area contributed by atoms with E-state index < -0.39 is 10.8 Å². The van der Waals surface area contributed by atoms with Crippen LogP contribution in [0.25, 0.3) is 22.6 Å². The van der Waals surface area contributed by atoms with Gasteiger partial charge >= 0.3 is 0 Å². The zero-order valence-corrected chi connectivity index (χ0v) is 18.2. The third kappa shape index (κ3) is 5.13. The molecule has 0 bridgehead atoms. The second-order valence-corrected chi connectivity index (χ2v) is 7.28. The first-order valence-electron chi connectivity index (χ1n) is 9.93. The summed E-state index contributed by atoms with van der Waals surface area (Å²) in [6.07, 6.45) is 0. The van der Waals surface area contributed by atoms with E-state index in [9.17, 15) is 14.9 Å². The largest absolute Gasteiger partial charge is 0.494 e. The Morgan fingerprint density at radius 1 is 1.15 bits per heavy atom. The van der Waals surface area contributed by atoms with E-state index in [1.165, 1.54) is 24.3 Å². The first kappa shape index (κ1) is 21.9. The van der Waals surface area contributed by atoms with Crippen molar-refractivity contribution in [1.82, 2.24) is 10.3 Å². The van der Waals surface area contributed by atoms with Crippen LogP contribution in [0.15, 0.2) is 71.1 Å². The lowest BCUT2D eigenvalue weighted by molar-refractivity contribution is -0.384. The lowest BCUT2D eigenvalue weighted by Crippen LogP contribution is -2.34. The van der Waals surface area contributed by atoms with Crippen LogP contribution in [0, 0.1) is 10.1 Å². The molecule has 2 N–H and O–H groups in total. The maximum absolute atomic E-state index is 12.4. The van der Waals surface area contributed by atoms with Gasteiger partial charge in [-0.15, -0.1) is 0 Å². The SMILES string of the molecule is CCOc1ccc(-c2nc3cc(NC(=S)NC(=O)c4cccc([N+](=O)[O-])c4)ccc3o2)cc1. The molecule has 0 saturated heterocycles. The molecule has 0 unspecified atom stereocenters. The van der Waals surface area contributed by atoms with E-state index in [0.717, 1.165) is 11.3 Å². The number of aromatic nitrogens is 1. The molecule has 0 aliphatic heterocycles. The van der Waals surface area contributed by atoms with Crippen molar-refractivity contribution in [3.05, 3.63) is 82.4 Å². The Balaban J connectivity index is 1.45. The highest BCUT2D eigenvalue weighted by molar-refractivity contribution is 7.80. The quantitative estimate of drug-likeness (QED) is 0.235. The van der Waals surface area contributed by atoms with Crippen molar-refractivity contribution >= 4 is 45.7 Å². The normalized spacial score (nSPS) is 10.6. The number of fused-ring (bicyclic) bond motifs is 1. The lowest BCUT2D eigenvalue weighted by atomic mass is 10.2. The standard InChI is InChI=1S/C23H18N4O5S/c1-2-31-18-9-6-14(7-10-18)22-25-19-13-16(8-11-20(19)32-22)24-23(33)26-21(28)15-4-3-5-17(12-15)27(29)30/h3-13H,2H2,1H3,(H2,24,26,28,33). The first-order valence-corrected chi connectivity index (χ1v) is 10.3. The van der Waals surface area contributed by atoms with Gasteiger partial charge in [-0.2, -0.15) is 0 Å². The molecule has 1 amide bonds. The van der Waals surface area contributed by atoms with Crippen LogP contribution >= 0.6 is 12.2 Å². The van der Waals surface area contributed by atoms with Crippen LogP contribution < -0.4 is 15.4 Å². The van der Waals surface area contributed by atoms with Crippen molar-refractivity contribution in [1.29, 1.82) is 0 Å². The molecular formula is C23H18N4O5S. The highest BCUT2D eigenvalue weighted by Gasteiger charge is 2.14. The molecule has 0 saturated carbocycles. The zero-order valence-electron chi connectivity index (χ0n) is 17.4. The molecule has 4 aromatic rings. The summed E-state index contributed by atoms with van der Waals surface area (Å²) in [6, 6.07) is 18.0. The van der Waals surface area contributed by atoms with Crippen LogP contribution in [-0.2, 0) is 0 Å². The number of nitrogens with one attached hydrogen (secondary N) is 2. The van der Waals surface area contributed by atoms with Crippen molar-refractivity contribution in [2.24, 2.45) is 0 Å². The molecule has 10 heteroatoms. The maximum Gasteiger partial charge on any atom is 0.270 e. The number of oxazole rings is 1. The summed E-state index contributed by atoms with van der Waals surface area (Å²) in [4.78, 5) is 27.2. The second-order valence-electron chi connectivity index (χ2n) is 6.87. The van der Waals surface area contributed by atoms with Gasteiger partial charge in [-0.25, -0.2) is 4.98 Å². The van der Waals surface area contributed by atoms with Gasteiger partial charge in [-0.3, -0.25) is 20.2 Å². The van der Waals surface area contributed by atoms with Crippen molar-refractivity contribution in [2.45, 2.75) is 6.92 Å². The van der Waals surface area contributed by atoms with E-state index >= 15 is 0 Å². The minimum atomic E-state index is -0.567. The summed E-state index contributed by atoms with van der Waals surface area (Å²) in [5.41, 5.74) is 2.55. The van der Waals surface area contributed by atoms with Gasteiger partial charge in [0.05, 0.1) is 11.5 Å². The van der Waals surface area contributed by atoms with Crippen LogP contribution in [0.2, 0.25) is 0 Å². The van der Waals surface area contributed by atoms with E-state index in [1.54, 1.807) is 18.2 Å². The molecule has 1 heterocycles. The summed E-state index contributed by atoms with van der Waals surface area (Å²) in [7, 11) is 0. The van der Waals surface area contributed by atoms with Gasteiger partial charge in [0.2, 0.25) is 5.89 Å². The summed E-state index contributed by atoms with van der Waals surface area (Å²) in [5, 5.41) is 16.4. The van der Waals surface area contributed by atoms with Crippen LogP contribution in [-0.4, -0.2) is 27.5 Å². The number of hydrogen-bond acceptors (Lipinski definition) is 7. The highest BCUT2D eigenvalue weighted by atomic mass is 32.1. The van der Waals surface area contributed by atoms with Gasteiger partial charge < -0.3 is 14.5 Å². The summed E-state index contributed by atoms with van der Waals surface area (Å²) >= 11 is 5.20. The van der Waals surface area contributed by atoms with Crippen LogP contribution in [0.5, 0.6) is 5.75 Å². The van der Waals surface area contributed by atoms with Crippen LogP contribution in [0.4, 0.5) is 11.4 Å². The average Bonchev–Trinajstić information content (AvgIpc) is 3.23. The third-order valence-electron chi connectivity index (χ3n) is 4.60. The van der Waals surface area contributed by atoms with E-state index in [4.69, 9.17) is 21.4 Å². The number of nitro groups is 1. The molecule has 0 radical (unpaired) electrons. The first-order chi connectivity index (χ1) is 15.9. The zero-order chi connectivity index (χ0) is 23.4. The van der Waals surface area contributed by atoms with Crippen molar-refractivity contribution in [2.75, 3.05) is 11.9 Å². The molecule has 33 heavy (non-hydrogen) atoms. The van der Waals surface area contributed by atoms with E-state index in [1.807, 2.05) is 31.2 Å². The number of nitrogens with zero attached hydrogens (tertiary/aromatic N) is 2. The number of non-ortho nitro benzene ring substituents is 1. The number of thiocarbonyl (C=S) groups is 1. The number of amides is 1. The number of hydrogen-bond donors (Lipinski definition) is 2. The third-order valence-corrected chi connectivity index (χ3v) is 4.81. The molecule has 0 aliphatic rings. The van der Waals surface area contributed by atoms with Gasteiger partial charge in [0, 0.05) is 28.9 Å². The summed E-state index contributed by atoms with van der Waals surface area (Å²) < 4.78 is 11.3. The highest BCUT2D eigenvalue weighted by Crippen LogP contribution is 2.27. The van der Waals surface area contributed by atoms with Gasteiger partial charge in [0.25, 0.3) is 11.6 Å². The average molecular weight is 462 g/mol. The lowest BCUT2D eigenvalue weighted by Gasteiger charge is -2.09. The van der Waals surface area contributed by atoms with E-state index in [0.29, 0.717) is 29.3 Å². The Kier molecular flexibility index (Phi) is 6.27. The van der Waals surface area contributed by atoms with Crippen molar-refractivity contribution < 1.29 is 18.9 Å². The topological polar surface area (TPSA) is 120 Å². The van der Waals surface area contributed by atoms with Gasteiger partial charge in [0.15, 0.2) is 10.7 Å². The Hall–Kier alpha value is -4.31. The smallest absolute Gasteiger partial charge is 0.270 e. The fourth-order valence-corrected chi connectivity index (χ4v) is 3.30. The number of ether oxygens (including phenoxy) is 1. The molecule has 0 fully saturated rings. The molecule has 0 spiro atoms. The van der Waals surface area contributed by atoms with E-state index in [2.05, 4.69) is 15.6 Å². The molecule has 9 nitrogen and oxygen atoms in total. The molecule has 3 aromatic carbocycles. The molecule has 1 aromatic heterocycles. The maximum atomic E-state index is 12.4. The number of carbonyl (C=O) groups excluding carboxylic acids is 1. The number of rotatable bonds is 6. The Bertz CT molecular complexity index is 1350. The summed E-state index contributed by atoms with van der Waals surface area (Å²) in [6.45, 7) is 2.51. The summed E-state index contributed by atoms with van der Waals surface area (Å²) in [5.74, 6) is 0.674. The van der Waals surface area contributed by atoms with Crippen molar-refractivity contribution in [3.8, 4) is 17.2 Å². The van der Waals surface area contributed by atoms with Gasteiger partial charge in [-0.1, -0.05) is 6.07 Å². The fourth-order valence-electron chi connectivity index (χ4n) is 3.09. The second kappa shape index (κ2) is 9.45. The molecule has 4 rings (SSSR count). The van der Waals surface area contributed by atoms with E-state index in [-0.39, 0.29) is 16.4 Å². The number of anilines is 1. The fraction of sp³-hybridized carbons (Fsp3) is 0.0870. The Labute approximate surface area is 193 Å². The number of benzene rings is 3. The monoisotopic (exact) mass is 462 g/mol. The Morgan fingerprint density at radius 3 is 2.67 bits per heavy atom. The molecular weight excluding hydrogens is 444 g/mol. The molecule has 0 aliphatic carbocycles. The van der Waals surface area contributed by atoms with Gasteiger partial charge in [-0.05, 0) is 67.7 Å². The molecule has 0 atom stereocenters. The minimum Gasteiger partial charge on any atom is -0.494 e. The number of carbonyl (C=O) groups is 1. The predicted octanol–water partition coefficient (Wildman–Crippen LogP) is 4.93. The van der Waals surface area contributed by atoms with Gasteiger partial charge in [0.1, 0.15) is 11.3 Å². The minimum absolute atomic E-state index is 0.0427. The predicted molar refractivity (Wildman–Crippen MR) is 127 cm³/mol. The Morgan fingerprint density at radius 2 is 1.94 bits per heavy atom. The van der Waals surface area contributed by atoms with Crippen molar-refractivity contribution in [3.63, 3.8) is 0 Å². The van der Waals surface area contributed by atoms with Crippen LogP contribution in [0.3, 0.4) is 0 Å². The van der Waals surface area contributed by atoms with Crippen LogP contribution in [0.1, 0.15) is 17.3 Å².